The van der Waals surface area contributed by atoms with Crippen molar-refractivity contribution in [2.45, 2.75) is 13.2 Å². The minimum Gasteiger partial charge on any atom is -0.489 e. The average molecular weight is 439 g/mol. The Morgan fingerprint density at radius 1 is 0.667 bits per heavy atom. The Morgan fingerprint density at radius 3 is 2.03 bits per heavy atom. The van der Waals surface area contributed by atoms with Gasteiger partial charge in [0.2, 0.25) is 5.91 Å². The summed E-state index contributed by atoms with van der Waals surface area (Å²) in [5.41, 5.74) is 3.61. The van der Waals surface area contributed by atoms with E-state index in [4.69, 9.17) is 9.47 Å². The number of ether oxygens (including phenoxy) is 2. The van der Waals surface area contributed by atoms with E-state index in [-0.39, 0.29) is 12.5 Å². The molecule has 5 nitrogen and oxygen atoms in total. The van der Waals surface area contributed by atoms with E-state index < -0.39 is 0 Å². The molecule has 166 valence electrons. The van der Waals surface area contributed by atoms with E-state index in [1.165, 1.54) is 0 Å². The van der Waals surface area contributed by atoms with Gasteiger partial charge < -0.3 is 20.1 Å². The van der Waals surface area contributed by atoms with Gasteiger partial charge in [-0.25, -0.2) is 0 Å². The number of benzene rings is 4. The molecule has 0 unspecified atom stereocenters. The lowest BCUT2D eigenvalue weighted by atomic mass is 10.2. The number of nitrogens with one attached hydrogen (secondary N) is 2. The minimum atomic E-state index is -0.165. The molecule has 5 heteroatoms. The van der Waals surface area contributed by atoms with Crippen LogP contribution in [-0.2, 0) is 18.0 Å². The molecule has 0 aliphatic rings. The number of para-hydroxylation sites is 2. The quantitative estimate of drug-likeness (QED) is 0.324. The highest BCUT2D eigenvalue weighted by atomic mass is 16.5. The highest BCUT2D eigenvalue weighted by Crippen LogP contribution is 2.25. The molecule has 4 aromatic rings. The van der Waals surface area contributed by atoms with Crippen molar-refractivity contribution in [1.82, 2.24) is 0 Å². The standard InChI is InChI=1S/C28H26N2O3/c31-28(30-26-16-7-8-17-27(26)33-21-23-12-5-2-6-13-23)19-29-24-14-9-15-25(18-24)32-20-22-10-3-1-4-11-22/h1-18,29H,19-21H2,(H,30,31). The van der Waals surface area contributed by atoms with Crippen LogP contribution in [0.4, 0.5) is 11.4 Å². The maximum absolute atomic E-state index is 12.5. The molecule has 0 aliphatic carbocycles. The molecule has 0 spiro atoms. The summed E-state index contributed by atoms with van der Waals surface area (Å²) >= 11 is 0. The van der Waals surface area contributed by atoms with Crippen molar-refractivity contribution >= 4 is 17.3 Å². The molecule has 0 fully saturated rings. The summed E-state index contributed by atoms with van der Waals surface area (Å²) in [4.78, 5) is 12.5. The molecule has 0 aromatic heterocycles. The lowest BCUT2D eigenvalue weighted by Crippen LogP contribution is -2.22. The molecule has 0 heterocycles. The monoisotopic (exact) mass is 438 g/mol. The lowest BCUT2D eigenvalue weighted by molar-refractivity contribution is -0.114. The molecule has 0 bridgehead atoms. The maximum Gasteiger partial charge on any atom is 0.243 e. The van der Waals surface area contributed by atoms with Crippen LogP contribution in [0.2, 0.25) is 0 Å². The van der Waals surface area contributed by atoms with Gasteiger partial charge in [-0.15, -0.1) is 0 Å². The van der Waals surface area contributed by atoms with Gasteiger partial charge in [-0.1, -0.05) is 78.9 Å². The second-order valence-electron chi connectivity index (χ2n) is 7.47. The van der Waals surface area contributed by atoms with Gasteiger partial charge in [0.1, 0.15) is 24.7 Å². The van der Waals surface area contributed by atoms with Crippen molar-refractivity contribution in [2.75, 3.05) is 17.2 Å². The van der Waals surface area contributed by atoms with Crippen LogP contribution in [0, 0.1) is 0 Å². The molecule has 0 radical (unpaired) electrons. The fourth-order valence-corrected chi connectivity index (χ4v) is 3.24. The van der Waals surface area contributed by atoms with Crippen LogP contribution in [0.3, 0.4) is 0 Å². The summed E-state index contributed by atoms with van der Waals surface area (Å²) < 4.78 is 11.8. The van der Waals surface area contributed by atoms with E-state index in [2.05, 4.69) is 10.6 Å². The van der Waals surface area contributed by atoms with Crippen molar-refractivity contribution in [3.8, 4) is 11.5 Å². The molecule has 33 heavy (non-hydrogen) atoms. The summed E-state index contributed by atoms with van der Waals surface area (Å²) in [7, 11) is 0. The Hall–Kier alpha value is -4.25. The molecule has 2 N–H and O–H groups in total. The SMILES string of the molecule is O=C(CNc1cccc(OCc2ccccc2)c1)Nc1ccccc1OCc1ccccc1. The van der Waals surface area contributed by atoms with Crippen LogP contribution < -0.4 is 20.1 Å². The summed E-state index contributed by atoms with van der Waals surface area (Å²) in [6.45, 7) is 1.04. The topological polar surface area (TPSA) is 59.6 Å². The zero-order chi connectivity index (χ0) is 22.7. The first-order chi connectivity index (χ1) is 16.3. The number of rotatable bonds is 10. The summed E-state index contributed by atoms with van der Waals surface area (Å²) in [6, 6.07) is 34.9. The van der Waals surface area contributed by atoms with E-state index in [1.807, 2.05) is 109 Å². The van der Waals surface area contributed by atoms with Gasteiger partial charge in [-0.3, -0.25) is 4.79 Å². The Morgan fingerprint density at radius 2 is 1.30 bits per heavy atom. The van der Waals surface area contributed by atoms with Gasteiger partial charge in [0.05, 0.1) is 12.2 Å². The molecular weight excluding hydrogens is 412 g/mol. The molecular formula is C28H26N2O3. The molecule has 4 rings (SSSR count). The summed E-state index contributed by atoms with van der Waals surface area (Å²) in [6.07, 6.45) is 0. The van der Waals surface area contributed by atoms with Gasteiger partial charge in [0.15, 0.2) is 0 Å². The zero-order valence-corrected chi connectivity index (χ0v) is 18.2. The predicted molar refractivity (Wildman–Crippen MR) is 132 cm³/mol. The van der Waals surface area contributed by atoms with E-state index in [1.54, 1.807) is 0 Å². The fraction of sp³-hybridized carbons (Fsp3) is 0.107. The first-order valence-corrected chi connectivity index (χ1v) is 10.8. The second kappa shape index (κ2) is 11.4. The third-order valence-corrected chi connectivity index (χ3v) is 4.93. The number of carbonyl (C=O) groups excluding carboxylic acids is 1. The van der Waals surface area contributed by atoms with Crippen LogP contribution in [0.15, 0.2) is 109 Å². The average Bonchev–Trinajstić information content (AvgIpc) is 2.87. The van der Waals surface area contributed by atoms with Crippen LogP contribution in [-0.4, -0.2) is 12.5 Å². The Kier molecular flexibility index (Phi) is 7.58. The van der Waals surface area contributed by atoms with Crippen molar-refractivity contribution < 1.29 is 14.3 Å². The van der Waals surface area contributed by atoms with Gasteiger partial charge in [-0.05, 0) is 35.4 Å². The third-order valence-electron chi connectivity index (χ3n) is 4.93. The van der Waals surface area contributed by atoms with Gasteiger partial charge in [0, 0.05) is 11.8 Å². The largest absolute Gasteiger partial charge is 0.489 e. The Labute approximate surface area is 194 Å². The number of hydrogen-bond acceptors (Lipinski definition) is 4. The van der Waals surface area contributed by atoms with Crippen molar-refractivity contribution in [3.05, 3.63) is 120 Å². The third kappa shape index (κ3) is 6.87. The maximum atomic E-state index is 12.5. The van der Waals surface area contributed by atoms with Crippen molar-refractivity contribution in [3.63, 3.8) is 0 Å². The van der Waals surface area contributed by atoms with Crippen LogP contribution in [0.25, 0.3) is 0 Å². The van der Waals surface area contributed by atoms with E-state index >= 15 is 0 Å². The van der Waals surface area contributed by atoms with E-state index in [0.29, 0.717) is 24.7 Å². The zero-order valence-electron chi connectivity index (χ0n) is 18.2. The van der Waals surface area contributed by atoms with Gasteiger partial charge in [-0.2, -0.15) is 0 Å². The predicted octanol–water partition coefficient (Wildman–Crippen LogP) is 5.90. The molecule has 0 atom stereocenters. The second-order valence-corrected chi connectivity index (χ2v) is 7.47. The number of carbonyl (C=O) groups is 1. The highest BCUT2D eigenvalue weighted by molar-refractivity contribution is 5.95. The van der Waals surface area contributed by atoms with Gasteiger partial charge >= 0.3 is 0 Å². The number of hydrogen-bond donors (Lipinski definition) is 2. The fourth-order valence-electron chi connectivity index (χ4n) is 3.24. The van der Waals surface area contributed by atoms with Crippen molar-refractivity contribution in [2.24, 2.45) is 0 Å². The molecule has 0 saturated heterocycles. The Balaban J connectivity index is 1.29. The number of anilines is 2. The van der Waals surface area contributed by atoms with Crippen LogP contribution in [0.5, 0.6) is 11.5 Å². The van der Waals surface area contributed by atoms with Gasteiger partial charge in [0.25, 0.3) is 0 Å². The van der Waals surface area contributed by atoms with Crippen LogP contribution in [0.1, 0.15) is 11.1 Å². The minimum absolute atomic E-state index is 0.120. The first kappa shape index (κ1) is 22.0. The molecule has 1 amide bonds. The van der Waals surface area contributed by atoms with E-state index in [9.17, 15) is 4.79 Å². The lowest BCUT2D eigenvalue weighted by Gasteiger charge is -2.13. The highest BCUT2D eigenvalue weighted by Gasteiger charge is 2.08. The number of amides is 1. The molecule has 0 aliphatic heterocycles. The smallest absolute Gasteiger partial charge is 0.243 e. The summed E-state index contributed by atoms with van der Waals surface area (Å²) in [5, 5.41) is 6.07. The molecule has 0 saturated carbocycles. The van der Waals surface area contributed by atoms with Crippen LogP contribution >= 0.6 is 0 Å². The van der Waals surface area contributed by atoms with E-state index in [0.717, 1.165) is 22.6 Å². The first-order valence-electron chi connectivity index (χ1n) is 10.8. The van der Waals surface area contributed by atoms with Crippen molar-refractivity contribution in [1.29, 1.82) is 0 Å². The molecule has 4 aromatic carbocycles. The Bertz CT molecular complexity index is 1160. The normalized spacial score (nSPS) is 10.3. The summed E-state index contributed by atoms with van der Waals surface area (Å²) in [5.74, 6) is 1.20.